The van der Waals surface area contributed by atoms with Gasteiger partial charge in [0.1, 0.15) is 29.9 Å². The minimum atomic E-state index is -1.14. The number of rotatable bonds is 5. The maximum Gasteiger partial charge on any atom is 0.326 e. The molecule has 0 saturated carbocycles. The van der Waals surface area contributed by atoms with Crippen molar-refractivity contribution in [3.05, 3.63) is 40.1 Å². The van der Waals surface area contributed by atoms with E-state index in [1.165, 1.54) is 12.1 Å². The Morgan fingerprint density at radius 3 is 2.62 bits per heavy atom. The van der Waals surface area contributed by atoms with Crippen LogP contribution in [0, 0.1) is 0 Å². The summed E-state index contributed by atoms with van der Waals surface area (Å²) in [5.74, 6) is -0.701. The van der Waals surface area contributed by atoms with Crippen LogP contribution in [0.2, 0.25) is 0 Å². The van der Waals surface area contributed by atoms with Crippen LogP contribution in [-0.4, -0.2) is 41.3 Å². The molecule has 1 aliphatic rings. The normalized spacial score (nSPS) is 14.0. The number of aromatic hydroxyl groups is 1. The van der Waals surface area contributed by atoms with Gasteiger partial charge in [-0.15, -0.1) is 11.3 Å². The zero-order chi connectivity index (χ0) is 17.1. The van der Waals surface area contributed by atoms with Crippen LogP contribution in [0.3, 0.4) is 0 Å². The molecule has 126 valence electrons. The van der Waals surface area contributed by atoms with Crippen molar-refractivity contribution in [1.29, 1.82) is 0 Å². The molecule has 0 fully saturated rings. The van der Waals surface area contributed by atoms with Crippen molar-refractivity contribution in [2.45, 2.75) is 12.5 Å². The second kappa shape index (κ2) is 6.79. The number of thiophene rings is 1. The number of phenolic OH excluding ortho intramolecular Hbond substituents is 1. The van der Waals surface area contributed by atoms with Crippen molar-refractivity contribution in [3.63, 3.8) is 0 Å². The van der Waals surface area contributed by atoms with Gasteiger partial charge < -0.3 is 25.0 Å². The first-order chi connectivity index (χ1) is 11.5. The largest absolute Gasteiger partial charge is 0.508 e. The van der Waals surface area contributed by atoms with E-state index in [9.17, 15) is 19.8 Å². The maximum absolute atomic E-state index is 12.4. The molecule has 0 aliphatic carbocycles. The minimum Gasteiger partial charge on any atom is -0.508 e. The molecule has 7 nitrogen and oxygen atoms in total. The van der Waals surface area contributed by atoms with Gasteiger partial charge in [0.25, 0.3) is 5.91 Å². The number of hydrogen-bond acceptors (Lipinski definition) is 6. The molecule has 1 atom stereocenters. The average molecular weight is 349 g/mol. The minimum absolute atomic E-state index is 0.0945. The molecule has 1 aliphatic heterocycles. The number of nitrogens with one attached hydrogen (secondary N) is 1. The maximum atomic E-state index is 12.4. The molecule has 0 saturated heterocycles. The van der Waals surface area contributed by atoms with Crippen LogP contribution in [0.4, 0.5) is 0 Å². The summed E-state index contributed by atoms with van der Waals surface area (Å²) in [5.41, 5.74) is 0.688. The number of amides is 1. The summed E-state index contributed by atoms with van der Waals surface area (Å²) in [6.45, 7) is 0.767. The molecule has 1 aromatic carbocycles. The lowest BCUT2D eigenvalue weighted by atomic mass is 10.1. The summed E-state index contributed by atoms with van der Waals surface area (Å²) >= 11 is 1.15. The quantitative estimate of drug-likeness (QED) is 0.758. The van der Waals surface area contributed by atoms with Crippen molar-refractivity contribution in [1.82, 2.24) is 5.32 Å². The van der Waals surface area contributed by atoms with Gasteiger partial charge in [-0.05, 0) is 17.7 Å². The number of hydrogen-bond donors (Lipinski definition) is 3. The molecular weight excluding hydrogens is 334 g/mol. The lowest BCUT2D eigenvalue weighted by Gasteiger charge is -2.17. The first-order valence-electron chi connectivity index (χ1n) is 7.23. The second-order valence-corrected chi connectivity index (χ2v) is 6.07. The van der Waals surface area contributed by atoms with E-state index in [4.69, 9.17) is 9.47 Å². The van der Waals surface area contributed by atoms with Crippen molar-refractivity contribution >= 4 is 23.2 Å². The molecule has 0 bridgehead atoms. The molecule has 0 unspecified atom stereocenters. The van der Waals surface area contributed by atoms with E-state index in [2.05, 4.69) is 5.32 Å². The summed E-state index contributed by atoms with van der Waals surface area (Å²) in [5, 5.41) is 22.8. The van der Waals surface area contributed by atoms with E-state index in [-0.39, 0.29) is 12.2 Å². The molecule has 24 heavy (non-hydrogen) atoms. The zero-order valence-electron chi connectivity index (χ0n) is 12.5. The third-order valence-electron chi connectivity index (χ3n) is 3.49. The van der Waals surface area contributed by atoms with Gasteiger partial charge in [0.15, 0.2) is 11.5 Å². The Kier molecular flexibility index (Phi) is 4.57. The fourth-order valence-electron chi connectivity index (χ4n) is 2.31. The molecular formula is C16H15NO6S. The van der Waals surface area contributed by atoms with E-state index in [1.807, 2.05) is 0 Å². The summed E-state index contributed by atoms with van der Waals surface area (Å²) in [6, 6.07) is 5.07. The van der Waals surface area contributed by atoms with Crippen LogP contribution >= 0.6 is 11.3 Å². The predicted octanol–water partition coefficient (Wildman–Crippen LogP) is 1.65. The third kappa shape index (κ3) is 3.43. The van der Waals surface area contributed by atoms with Gasteiger partial charge in [0.05, 0.1) is 0 Å². The van der Waals surface area contributed by atoms with Gasteiger partial charge in [-0.3, -0.25) is 4.79 Å². The lowest BCUT2D eigenvalue weighted by Crippen LogP contribution is -2.42. The number of ether oxygens (including phenoxy) is 2. The highest BCUT2D eigenvalue weighted by Crippen LogP contribution is 2.39. The Hall–Kier alpha value is -2.74. The van der Waals surface area contributed by atoms with Crippen molar-refractivity contribution in [2.24, 2.45) is 0 Å². The van der Waals surface area contributed by atoms with Gasteiger partial charge in [-0.25, -0.2) is 4.79 Å². The number of carbonyl (C=O) groups is 2. The van der Waals surface area contributed by atoms with Crippen LogP contribution in [0.5, 0.6) is 17.2 Å². The number of carboxylic acids is 1. The predicted molar refractivity (Wildman–Crippen MR) is 86.0 cm³/mol. The Morgan fingerprint density at radius 2 is 1.92 bits per heavy atom. The Morgan fingerprint density at radius 1 is 1.21 bits per heavy atom. The van der Waals surface area contributed by atoms with E-state index in [0.29, 0.717) is 35.2 Å². The van der Waals surface area contributed by atoms with E-state index < -0.39 is 17.9 Å². The van der Waals surface area contributed by atoms with Gasteiger partial charge in [0.2, 0.25) is 0 Å². The monoisotopic (exact) mass is 349 g/mol. The van der Waals surface area contributed by atoms with Crippen LogP contribution in [-0.2, 0) is 11.2 Å². The second-order valence-electron chi connectivity index (χ2n) is 5.19. The standard InChI is InChI=1S/C16H15NO6S/c18-10-3-1-9(2-4-10)7-11(16(20)21)17-15(19)14-13-12(8-24-14)22-5-6-23-13/h1-4,8,11,18H,5-7H2,(H,17,19)(H,20,21)/t11-/m0/s1. The molecule has 2 aromatic rings. The van der Waals surface area contributed by atoms with Gasteiger partial charge in [0, 0.05) is 11.8 Å². The number of benzene rings is 1. The molecule has 2 heterocycles. The van der Waals surface area contributed by atoms with Crippen LogP contribution in [0.1, 0.15) is 15.2 Å². The fourth-order valence-corrected chi connectivity index (χ4v) is 3.14. The first kappa shape index (κ1) is 16.1. The van der Waals surface area contributed by atoms with E-state index in [0.717, 1.165) is 11.3 Å². The molecule has 1 amide bonds. The zero-order valence-corrected chi connectivity index (χ0v) is 13.3. The van der Waals surface area contributed by atoms with E-state index >= 15 is 0 Å². The summed E-state index contributed by atoms with van der Waals surface area (Å²) in [7, 11) is 0. The molecule has 3 N–H and O–H groups in total. The molecule has 0 spiro atoms. The first-order valence-corrected chi connectivity index (χ1v) is 8.11. The smallest absolute Gasteiger partial charge is 0.326 e. The van der Waals surface area contributed by atoms with Crippen molar-refractivity contribution in [3.8, 4) is 17.2 Å². The summed E-state index contributed by atoms with van der Waals surface area (Å²) in [6.07, 6.45) is 0.103. The number of carbonyl (C=O) groups excluding carboxylic acids is 1. The SMILES string of the molecule is O=C(N[C@@H](Cc1ccc(O)cc1)C(=O)O)c1scc2c1OCCO2. The average Bonchev–Trinajstić information content (AvgIpc) is 3.00. The van der Waals surface area contributed by atoms with Crippen LogP contribution in [0.15, 0.2) is 29.6 Å². The molecule has 3 rings (SSSR count). The molecule has 1 aromatic heterocycles. The highest BCUT2D eigenvalue weighted by Gasteiger charge is 2.27. The molecule has 8 heteroatoms. The number of carboxylic acid groups (broad SMARTS) is 1. The van der Waals surface area contributed by atoms with Crippen LogP contribution < -0.4 is 14.8 Å². The Bertz CT molecular complexity index is 754. The topological polar surface area (TPSA) is 105 Å². The summed E-state index contributed by atoms with van der Waals surface area (Å²) < 4.78 is 10.8. The van der Waals surface area contributed by atoms with Crippen LogP contribution in [0.25, 0.3) is 0 Å². The van der Waals surface area contributed by atoms with Gasteiger partial charge >= 0.3 is 5.97 Å². The highest BCUT2D eigenvalue weighted by molar-refractivity contribution is 7.12. The molecule has 0 radical (unpaired) electrons. The van der Waals surface area contributed by atoms with E-state index in [1.54, 1.807) is 17.5 Å². The number of fused-ring (bicyclic) bond motifs is 1. The Labute approximate surface area is 141 Å². The highest BCUT2D eigenvalue weighted by atomic mass is 32.1. The van der Waals surface area contributed by atoms with Crippen molar-refractivity contribution in [2.75, 3.05) is 13.2 Å². The summed E-state index contributed by atoms with van der Waals surface area (Å²) in [4.78, 5) is 24.1. The Balaban J connectivity index is 1.73. The lowest BCUT2D eigenvalue weighted by molar-refractivity contribution is -0.139. The fraction of sp³-hybridized carbons (Fsp3) is 0.250. The third-order valence-corrected chi connectivity index (χ3v) is 4.43. The van der Waals surface area contributed by atoms with Crippen molar-refractivity contribution < 1.29 is 29.3 Å². The number of phenols is 1. The van der Waals surface area contributed by atoms with Gasteiger partial charge in [-0.2, -0.15) is 0 Å². The van der Waals surface area contributed by atoms with Gasteiger partial charge in [-0.1, -0.05) is 12.1 Å². The number of aliphatic carboxylic acids is 1.